The molecule has 2 unspecified atom stereocenters. The Bertz CT molecular complexity index is 1310. The molecule has 0 aromatic heterocycles. The molecule has 38 heavy (non-hydrogen) atoms. The molecule has 2 atom stereocenters. The van der Waals surface area contributed by atoms with Crippen LogP contribution in [0.5, 0.6) is 11.5 Å². The van der Waals surface area contributed by atoms with Gasteiger partial charge in [0.25, 0.3) is 5.91 Å². The molecule has 6 heteroatoms. The molecule has 0 saturated heterocycles. The van der Waals surface area contributed by atoms with Crippen molar-refractivity contribution < 1.29 is 19.1 Å². The Hall–Kier alpha value is -4.06. The van der Waals surface area contributed by atoms with Gasteiger partial charge in [0.1, 0.15) is 11.5 Å². The summed E-state index contributed by atoms with van der Waals surface area (Å²) in [6.45, 7) is 0.579. The van der Waals surface area contributed by atoms with E-state index in [1.54, 1.807) is 19.1 Å². The quantitative estimate of drug-likeness (QED) is 0.367. The van der Waals surface area contributed by atoms with Crippen molar-refractivity contribution in [3.8, 4) is 11.5 Å². The van der Waals surface area contributed by atoms with Crippen molar-refractivity contribution in [2.75, 3.05) is 25.7 Å². The summed E-state index contributed by atoms with van der Waals surface area (Å²) >= 11 is 0. The van der Waals surface area contributed by atoms with Gasteiger partial charge < -0.3 is 14.8 Å². The molecule has 3 aromatic carbocycles. The Balaban J connectivity index is 1.56. The number of anilines is 1. The standard InChI is InChI=1S/C32H34N2O4/c1-37-25-16-12-23(13-17-25)30-29(31(35)33-21-20-22-8-4-3-5-9-22)27-10-6-7-11-28(27)32(36)34(30)24-14-18-26(38-2)19-15-24/h6-8,10-19,29-30H,3-5,9,20-21H2,1-2H3,(H,33,35). The molecule has 1 aliphatic carbocycles. The number of nitrogens with zero attached hydrogens (tertiary/aromatic N) is 1. The van der Waals surface area contributed by atoms with Gasteiger partial charge in [0.15, 0.2) is 0 Å². The first-order chi connectivity index (χ1) is 18.6. The summed E-state index contributed by atoms with van der Waals surface area (Å²) in [7, 11) is 3.23. The van der Waals surface area contributed by atoms with Crippen LogP contribution in [-0.4, -0.2) is 32.6 Å². The molecule has 1 N–H and O–H groups in total. The van der Waals surface area contributed by atoms with Crippen LogP contribution in [0.4, 0.5) is 5.69 Å². The number of fused-ring (bicyclic) bond motifs is 1. The summed E-state index contributed by atoms with van der Waals surface area (Å²) in [6.07, 6.45) is 7.86. The van der Waals surface area contributed by atoms with Crippen molar-refractivity contribution in [3.63, 3.8) is 0 Å². The van der Waals surface area contributed by atoms with Crippen molar-refractivity contribution in [1.82, 2.24) is 5.32 Å². The second-order valence-electron chi connectivity index (χ2n) is 9.81. The summed E-state index contributed by atoms with van der Waals surface area (Å²) in [5, 5.41) is 3.21. The number of methoxy groups -OCH3 is 2. The molecule has 0 spiro atoms. The first kappa shape index (κ1) is 25.6. The summed E-state index contributed by atoms with van der Waals surface area (Å²) in [5.74, 6) is 0.614. The number of hydrogen-bond donors (Lipinski definition) is 1. The van der Waals surface area contributed by atoms with Gasteiger partial charge in [-0.15, -0.1) is 0 Å². The van der Waals surface area contributed by atoms with Crippen LogP contribution in [0.2, 0.25) is 0 Å². The van der Waals surface area contributed by atoms with Gasteiger partial charge in [-0.1, -0.05) is 42.0 Å². The highest BCUT2D eigenvalue weighted by molar-refractivity contribution is 6.11. The summed E-state index contributed by atoms with van der Waals surface area (Å²) < 4.78 is 10.7. The van der Waals surface area contributed by atoms with Gasteiger partial charge in [-0.3, -0.25) is 14.5 Å². The highest BCUT2D eigenvalue weighted by Crippen LogP contribution is 2.45. The molecular weight excluding hydrogens is 476 g/mol. The first-order valence-corrected chi connectivity index (χ1v) is 13.3. The van der Waals surface area contributed by atoms with Gasteiger partial charge in [0.05, 0.1) is 26.2 Å². The van der Waals surface area contributed by atoms with E-state index in [2.05, 4.69) is 11.4 Å². The summed E-state index contributed by atoms with van der Waals surface area (Å²) in [5.41, 5.74) is 4.28. The smallest absolute Gasteiger partial charge is 0.259 e. The predicted octanol–water partition coefficient (Wildman–Crippen LogP) is 6.20. The number of benzene rings is 3. The molecule has 2 amide bonds. The molecule has 0 saturated carbocycles. The number of rotatable bonds is 8. The normalized spacial score (nSPS) is 18.8. The Morgan fingerprint density at radius 2 is 1.61 bits per heavy atom. The van der Waals surface area contributed by atoms with Gasteiger partial charge in [-0.2, -0.15) is 0 Å². The van der Waals surface area contributed by atoms with Crippen LogP contribution in [0.15, 0.2) is 84.4 Å². The molecule has 196 valence electrons. The van der Waals surface area contributed by atoms with E-state index >= 15 is 0 Å². The average molecular weight is 511 g/mol. The largest absolute Gasteiger partial charge is 0.497 e. The highest BCUT2D eigenvalue weighted by atomic mass is 16.5. The van der Waals surface area contributed by atoms with Gasteiger partial charge in [0.2, 0.25) is 5.91 Å². The maximum atomic E-state index is 14.0. The molecule has 0 radical (unpaired) electrons. The van der Waals surface area contributed by atoms with Gasteiger partial charge in [0, 0.05) is 17.8 Å². The molecule has 1 aliphatic heterocycles. The van der Waals surface area contributed by atoms with E-state index in [9.17, 15) is 9.59 Å². The number of hydrogen-bond acceptors (Lipinski definition) is 4. The Morgan fingerprint density at radius 3 is 2.26 bits per heavy atom. The van der Waals surface area contributed by atoms with Gasteiger partial charge >= 0.3 is 0 Å². The molecule has 6 nitrogen and oxygen atoms in total. The van der Waals surface area contributed by atoms with Gasteiger partial charge in [-0.25, -0.2) is 0 Å². The Labute approximate surface area is 224 Å². The Morgan fingerprint density at radius 1 is 0.921 bits per heavy atom. The lowest BCUT2D eigenvalue weighted by molar-refractivity contribution is -0.123. The van der Waals surface area contributed by atoms with Crippen LogP contribution in [0, 0.1) is 0 Å². The zero-order valence-corrected chi connectivity index (χ0v) is 22.0. The predicted molar refractivity (Wildman–Crippen MR) is 149 cm³/mol. The van der Waals surface area contributed by atoms with E-state index in [4.69, 9.17) is 9.47 Å². The number of carbonyl (C=O) groups is 2. The lowest BCUT2D eigenvalue weighted by Gasteiger charge is -2.42. The maximum Gasteiger partial charge on any atom is 0.259 e. The fourth-order valence-electron chi connectivity index (χ4n) is 5.57. The molecule has 5 rings (SSSR count). The second kappa shape index (κ2) is 11.5. The lowest BCUT2D eigenvalue weighted by Crippen LogP contribution is -2.47. The fraction of sp³-hybridized carbons (Fsp3) is 0.312. The summed E-state index contributed by atoms with van der Waals surface area (Å²) in [4.78, 5) is 29.7. The third-order valence-corrected chi connectivity index (χ3v) is 7.56. The van der Waals surface area contributed by atoms with Crippen molar-refractivity contribution in [2.45, 2.75) is 44.1 Å². The van der Waals surface area contributed by atoms with E-state index in [-0.39, 0.29) is 11.8 Å². The minimum Gasteiger partial charge on any atom is -0.497 e. The number of carbonyl (C=O) groups excluding carboxylic acids is 2. The number of ether oxygens (including phenoxy) is 2. The second-order valence-corrected chi connectivity index (χ2v) is 9.81. The fourth-order valence-corrected chi connectivity index (χ4v) is 5.57. The van der Waals surface area contributed by atoms with E-state index in [0.717, 1.165) is 30.4 Å². The number of nitrogens with one attached hydrogen (secondary N) is 1. The topological polar surface area (TPSA) is 67.9 Å². The third-order valence-electron chi connectivity index (χ3n) is 7.56. The maximum absolute atomic E-state index is 14.0. The highest BCUT2D eigenvalue weighted by Gasteiger charge is 2.44. The molecule has 0 fully saturated rings. The van der Waals surface area contributed by atoms with E-state index < -0.39 is 12.0 Å². The monoisotopic (exact) mass is 510 g/mol. The number of amides is 2. The van der Waals surface area contributed by atoms with E-state index in [1.807, 2.05) is 72.8 Å². The van der Waals surface area contributed by atoms with Crippen LogP contribution in [0.25, 0.3) is 0 Å². The third kappa shape index (κ3) is 5.17. The van der Waals surface area contributed by atoms with Crippen LogP contribution < -0.4 is 19.7 Å². The zero-order valence-electron chi connectivity index (χ0n) is 22.0. The minimum absolute atomic E-state index is 0.0827. The molecule has 3 aromatic rings. The zero-order chi connectivity index (χ0) is 26.5. The molecular formula is C32H34N2O4. The molecule has 2 aliphatic rings. The van der Waals surface area contributed by atoms with E-state index in [0.29, 0.717) is 29.3 Å². The van der Waals surface area contributed by atoms with Gasteiger partial charge in [-0.05, 0) is 85.7 Å². The van der Waals surface area contributed by atoms with Crippen LogP contribution in [0.1, 0.15) is 65.5 Å². The van der Waals surface area contributed by atoms with Crippen molar-refractivity contribution >= 4 is 17.5 Å². The SMILES string of the molecule is COc1ccc(C2C(C(=O)NCCC3=CCCCC3)c3ccccc3C(=O)N2c2ccc(OC)cc2)cc1. The van der Waals surface area contributed by atoms with Crippen molar-refractivity contribution in [1.29, 1.82) is 0 Å². The Kier molecular flexibility index (Phi) is 7.78. The molecule has 0 bridgehead atoms. The average Bonchev–Trinajstić information content (AvgIpc) is 2.97. The molecule has 1 heterocycles. The first-order valence-electron chi connectivity index (χ1n) is 13.3. The lowest BCUT2D eigenvalue weighted by atomic mass is 9.78. The summed E-state index contributed by atoms with van der Waals surface area (Å²) in [6, 6.07) is 21.9. The van der Waals surface area contributed by atoms with Crippen molar-refractivity contribution in [2.24, 2.45) is 0 Å². The van der Waals surface area contributed by atoms with Crippen LogP contribution in [0.3, 0.4) is 0 Å². The number of allylic oxidation sites excluding steroid dienone is 1. The van der Waals surface area contributed by atoms with Crippen molar-refractivity contribution in [3.05, 3.63) is 101 Å². The minimum atomic E-state index is -0.584. The van der Waals surface area contributed by atoms with E-state index in [1.165, 1.54) is 18.4 Å². The van der Waals surface area contributed by atoms with Crippen LogP contribution >= 0.6 is 0 Å². The van der Waals surface area contributed by atoms with Crippen LogP contribution in [-0.2, 0) is 4.79 Å².